The van der Waals surface area contributed by atoms with Gasteiger partial charge in [0.15, 0.2) is 17.3 Å². The van der Waals surface area contributed by atoms with Gasteiger partial charge in [-0.2, -0.15) is 0 Å². The number of nitrogens with zero attached hydrogens (tertiary/aromatic N) is 2. The van der Waals surface area contributed by atoms with Crippen LogP contribution < -0.4 is 4.74 Å². The molecule has 0 bridgehead atoms. The zero-order valence-electron chi connectivity index (χ0n) is 13.1. The van der Waals surface area contributed by atoms with Gasteiger partial charge in [-0.3, -0.25) is 4.90 Å². The molecular weight excluding hydrogens is 280 g/mol. The van der Waals surface area contributed by atoms with Gasteiger partial charge in [-0.25, -0.2) is 0 Å². The minimum absolute atomic E-state index is 0.225. The first kappa shape index (κ1) is 14.9. The highest BCUT2D eigenvalue weighted by Gasteiger charge is 2.30. The molecule has 0 amide bonds. The number of hydrogen-bond donors (Lipinski definition) is 1. The molecule has 2 aromatic rings. The maximum Gasteiger partial charge on any atom is 0.162 e. The predicted molar refractivity (Wildman–Crippen MR) is 82.9 cm³/mol. The zero-order chi connectivity index (χ0) is 15.5. The lowest BCUT2D eigenvalue weighted by Crippen LogP contribution is -2.22. The Labute approximate surface area is 130 Å². The van der Waals surface area contributed by atoms with Gasteiger partial charge in [-0.1, -0.05) is 24.2 Å². The standard InChI is InChI=1S/C17H22N2O3/c1-3-13-10-16(22-18-13)14-7-5-9-19(14)11-12-6-4-8-15(21-2)17(12)20/h4,6,8,10,14,20H,3,5,7,9,11H2,1-2H3. The third kappa shape index (κ3) is 2.81. The Balaban J connectivity index is 1.79. The van der Waals surface area contributed by atoms with Crippen molar-refractivity contribution in [2.24, 2.45) is 0 Å². The molecule has 1 saturated heterocycles. The maximum atomic E-state index is 10.3. The van der Waals surface area contributed by atoms with Gasteiger partial charge in [-0.05, 0) is 31.9 Å². The molecule has 1 aliphatic rings. The van der Waals surface area contributed by atoms with Gasteiger partial charge in [0.1, 0.15) is 0 Å². The molecule has 0 saturated carbocycles. The van der Waals surface area contributed by atoms with E-state index in [9.17, 15) is 5.11 Å². The lowest BCUT2D eigenvalue weighted by atomic mass is 10.1. The van der Waals surface area contributed by atoms with E-state index >= 15 is 0 Å². The van der Waals surface area contributed by atoms with Crippen LogP contribution in [0.5, 0.6) is 11.5 Å². The lowest BCUT2D eigenvalue weighted by molar-refractivity contribution is 0.204. The highest BCUT2D eigenvalue weighted by molar-refractivity contribution is 5.45. The number of phenolic OH excluding ortho intramolecular Hbond substituents is 1. The Morgan fingerprint density at radius 2 is 2.32 bits per heavy atom. The number of hydrogen-bond acceptors (Lipinski definition) is 5. The van der Waals surface area contributed by atoms with Gasteiger partial charge in [0.05, 0.1) is 18.8 Å². The van der Waals surface area contributed by atoms with E-state index in [-0.39, 0.29) is 11.8 Å². The van der Waals surface area contributed by atoms with E-state index in [1.807, 2.05) is 12.1 Å². The van der Waals surface area contributed by atoms with E-state index in [0.717, 1.165) is 42.8 Å². The van der Waals surface area contributed by atoms with Gasteiger partial charge < -0.3 is 14.4 Å². The largest absolute Gasteiger partial charge is 0.504 e. The third-order valence-electron chi connectivity index (χ3n) is 4.31. The van der Waals surface area contributed by atoms with Crippen molar-refractivity contribution in [1.29, 1.82) is 0 Å². The van der Waals surface area contributed by atoms with Crippen LogP contribution in [0.2, 0.25) is 0 Å². The summed E-state index contributed by atoms with van der Waals surface area (Å²) < 4.78 is 10.7. The molecule has 0 radical (unpaired) electrons. The van der Waals surface area contributed by atoms with Crippen LogP contribution >= 0.6 is 0 Å². The van der Waals surface area contributed by atoms with E-state index in [4.69, 9.17) is 9.26 Å². The first-order valence-electron chi connectivity index (χ1n) is 7.77. The first-order chi connectivity index (χ1) is 10.7. The van der Waals surface area contributed by atoms with Crippen LogP contribution in [0, 0.1) is 0 Å². The minimum Gasteiger partial charge on any atom is -0.504 e. The highest BCUT2D eigenvalue weighted by atomic mass is 16.5. The number of methoxy groups -OCH3 is 1. The summed E-state index contributed by atoms with van der Waals surface area (Å²) in [5.74, 6) is 1.67. The van der Waals surface area contributed by atoms with E-state index in [1.165, 1.54) is 0 Å². The van der Waals surface area contributed by atoms with Crippen LogP contribution in [0.25, 0.3) is 0 Å². The van der Waals surface area contributed by atoms with E-state index < -0.39 is 0 Å². The number of aryl methyl sites for hydroxylation is 1. The zero-order valence-corrected chi connectivity index (χ0v) is 13.1. The fraction of sp³-hybridized carbons (Fsp3) is 0.471. The Bertz CT molecular complexity index is 639. The molecule has 5 nitrogen and oxygen atoms in total. The summed E-state index contributed by atoms with van der Waals surface area (Å²) in [5, 5.41) is 14.4. The first-order valence-corrected chi connectivity index (χ1v) is 7.77. The SMILES string of the molecule is CCc1cc(C2CCCN2Cc2cccc(OC)c2O)on1. The molecule has 2 heterocycles. The summed E-state index contributed by atoms with van der Waals surface area (Å²) in [6.45, 7) is 3.74. The van der Waals surface area contributed by atoms with E-state index in [2.05, 4.69) is 23.0 Å². The predicted octanol–water partition coefficient (Wildman–Crippen LogP) is 3.29. The molecular formula is C17H22N2O3. The molecule has 1 aromatic heterocycles. The number of phenols is 1. The second-order valence-corrected chi connectivity index (χ2v) is 5.67. The van der Waals surface area contributed by atoms with Crippen molar-refractivity contribution in [1.82, 2.24) is 10.1 Å². The third-order valence-corrected chi connectivity index (χ3v) is 4.31. The minimum atomic E-state index is 0.225. The maximum absolute atomic E-state index is 10.3. The van der Waals surface area contributed by atoms with E-state index in [0.29, 0.717) is 12.3 Å². The van der Waals surface area contributed by atoms with Crippen molar-refractivity contribution < 1.29 is 14.4 Å². The summed E-state index contributed by atoms with van der Waals surface area (Å²) in [6.07, 6.45) is 3.06. The number of ether oxygens (including phenoxy) is 1. The Morgan fingerprint density at radius 3 is 3.05 bits per heavy atom. The van der Waals surface area contributed by atoms with Crippen LogP contribution in [0.1, 0.15) is 42.8 Å². The quantitative estimate of drug-likeness (QED) is 0.918. The molecule has 1 aromatic carbocycles. The van der Waals surface area contributed by atoms with Gasteiger partial charge in [0.25, 0.3) is 0 Å². The highest BCUT2D eigenvalue weighted by Crippen LogP contribution is 2.36. The molecule has 1 aliphatic heterocycles. The molecule has 118 valence electrons. The summed E-state index contributed by atoms with van der Waals surface area (Å²) in [6, 6.07) is 7.89. The van der Waals surface area contributed by atoms with Crippen LogP contribution in [-0.2, 0) is 13.0 Å². The summed E-state index contributed by atoms with van der Waals surface area (Å²) in [5.41, 5.74) is 1.87. The van der Waals surface area contributed by atoms with Gasteiger partial charge >= 0.3 is 0 Å². The number of para-hydroxylation sites is 1. The monoisotopic (exact) mass is 302 g/mol. The Morgan fingerprint density at radius 1 is 1.45 bits per heavy atom. The molecule has 1 fully saturated rings. The molecule has 1 unspecified atom stereocenters. The average Bonchev–Trinajstić information content (AvgIpc) is 3.17. The van der Waals surface area contributed by atoms with Crippen molar-refractivity contribution in [2.45, 2.75) is 38.8 Å². The van der Waals surface area contributed by atoms with E-state index in [1.54, 1.807) is 13.2 Å². The van der Waals surface area contributed by atoms with Crippen LogP contribution in [0.15, 0.2) is 28.8 Å². The molecule has 1 atom stereocenters. The van der Waals surface area contributed by atoms with Gasteiger partial charge in [0, 0.05) is 18.2 Å². The number of benzene rings is 1. The molecule has 0 aliphatic carbocycles. The lowest BCUT2D eigenvalue weighted by Gasteiger charge is -2.23. The van der Waals surface area contributed by atoms with Crippen molar-refractivity contribution in [3.05, 3.63) is 41.3 Å². The van der Waals surface area contributed by atoms with Crippen LogP contribution in [0.3, 0.4) is 0 Å². The fourth-order valence-corrected chi connectivity index (χ4v) is 3.07. The Hall–Kier alpha value is -2.01. The number of rotatable bonds is 5. The topological polar surface area (TPSA) is 58.7 Å². The Kier molecular flexibility index (Phi) is 4.34. The van der Waals surface area contributed by atoms with Gasteiger partial charge in [-0.15, -0.1) is 0 Å². The second-order valence-electron chi connectivity index (χ2n) is 5.67. The van der Waals surface area contributed by atoms with Gasteiger partial charge in [0.2, 0.25) is 0 Å². The van der Waals surface area contributed by atoms with Crippen LogP contribution in [-0.4, -0.2) is 28.8 Å². The number of aromatic hydroxyl groups is 1. The molecule has 3 rings (SSSR count). The van der Waals surface area contributed by atoms with Crippen LogP contribution in [0.4, 0.5) is 0 Å². The second kappa shape index (κ2) is 6.40. The van der Waals surface area contributed by atoms with Crippen molar-refractivity contribution in [3.8, 4) is 11.5 Å². The molecule has 1 N–H and O–H groups in total. The molecule has 5 heteroatoms. The summed E-state index contributed by atoms with van der Waals surface area (Å²) >= 11 is 0. The number of likely N-dealkylation sites (tertiary alicyclic amines) is 1. The molecule has 0 spiro atoms. The van der Waals surface area contributed by atoms with Crippen molar-refractivity contribution >= 4 is 0 Å². The van der Waals surface area contributed by atoms with Crippen molar-refractivity contribution in [3.63, 3.8) is 0 Å². The average molecular weight is 302 g/mol. The fourth-order valence-electron chi connectivity index (χ4n) is 3.07. The number of aromatic nitrogens is 1. The normalized spacial score (nSPS) is 18.7. The smallest absolute Gasteiger partial charge is 0.162 e. The summed E-state index contributed by atoms with van der Waals surface area (Å²) in [4.78, 5) is 2.33. The van der Waals surface area contributed by atoms with Crippen molar-refractivity contribution in [2.75, 3.05) is 13.7 Å². The summed E-state index contributed by atoms with van der Waals surface area (Å²) in [7, 11) is 1.57. The molecule has 22 heavy (non-hydrogen) atoms.